The first-order chi connectivity index (χ1) is 8.77. The Bertz CT molecular complexity index is 577. The van der Waals surface area contributed by atoms with Gasteiger partial charge in [0.2, 0.25) is 5.82 Å². The molecule has 1 aliphatic rings. The zero-order valence-corrected chi connectivity index (χ0v) is 10.2. The summed E-state index contributed by atoms with van der Waals surface area (Å²) in [6, 6.07) is 6.16. The van der Waals surface area contributed by atoms with Gasteiger partial charge in [-0.05, 0) is 30.9 Å². The maximum Gasteiger partial charge on any atom is 0.295 e. The highest BCUT2D eigenvalue weighted by atomic mass is 16.2. The number of anilines is 1. The summed E-state index contributed by atoms with van der Waals surface area (Å²) in [5, 5.41) is 6.37. The topological polar surface area (TPSA) is 61.9 Å². The molecule has 0 radical (unpaired) electrons. The Hall–Kier alpha value is -2.17. The number of hydrogen-bond donors (Lipinski definition) is 1. The molecule has 2 aromatic rings. The quantitative estimate of drug-likeness (QED) is 0.828. The van der Waals surface area contributed by atoms with Crippen LogP contribution in [-0.4, -0.2) is 27.6 Å². The van der Waals surface area contributed by atoms with Gasteiger partial charge in [0.1, 0.15) is 6.33 Å². The molecule has 5 heteroatoms. The highest BCUT2D eigenvalue weighted by Gasteiger charge is 2.26. The maximum atomic E-state index is 12.4. The fourth-order valence-electron chi connectivity index (χ4n) is 2.49. The van der Waals surface area contributed by atoms with Crippen molar-refractivity contribution in [2.45, 2.75) is 19.8 Å². The molecule has 0 aliphatic carbocycles. The molecule has 1 aromatic heterocycles. The molecule has 0 spiro atoms. The fraction of sp³-hybridized carbons (Fsp3) is 0.308. The molecule has 18 heavy (non-hydrogen) atoms. The predicted octanol–water partition coefficient (Wildman–Crippen LogP) is 1.71. The van der Waals surface area contributed by atoms with Crippen LogP contribution in [-0.2, 0) is 6.42 Å². The summed E-state index contributed by atoms with van der Waals surface area (Å²) in [6.45, 7) is 2.77. The number of carbonyl (C=O) groups excluding carboxylic acids is 1. The van der Waals surface area contributed by atoms with Gasteiger partial charge in [0.15, 0.2) is 0 Å². The number of nitrogens with one attached hydrogen (secondary N) is 1. The predicted molar refractivity (Wildman–Crippen MR) is 67.6 cm³/mol. The first-order valence-electron chi connectivity index (χ1n) is 6.03. The summed E-state index contributed by atoms with van der Waals surface area (Å²) in [5.74, 6) is 0.189. The lowest BCUT2D eigenvalue weighted by atomic mass is 9.98. The summed E-state index contributed by atoms with van der Waals surface area (Å²) >= 11 is 0. The molecule has 0 saturated carbocycles. The molecule has 3 rings (SSSR count). The Morgan fingerprint density at radius 3 is 3.11 bits per heavy atom. The minimum atomic E-state index is -0.109. The summed E-state index contributed by atoms with van der Waals surface area (Å²) in [5.41, 5.74) is 3.39. The molecule has 1 aromatic carbocycles. The van der Waals surface area contributed by atoms with Gasteiger partial charge in [0, 0.05) is 6.54 Å². The Morgan fingerprint density at radius 2 is 2.33 bits per heavy atom. The molecule has 1 amide bonds. The van der Waals surface area contributed by atoms with E-state index in [0.29, 0.717) is 5.82 Å². The molecular weight excluding hydrogens is 228 g/mol. The molecule has 0 unspecified atom stereocenters. The van der Waals surface area contributed by atoms with Crippen molar-refractivity contribution >= 4 is 11.6 Å². The third kappa shape index (κ3) is 1.68. The van der Waals surface area contributed by atoms with E-state index in [-0.39, 0.29) is 5.91 Å². The normalized spacial score (nSPS) is 14.4. The Labute approximate surface area is 105 Å². The second-order valence-corrected chi connectivity index (χ2v) is 4.48. The lowest BCUT2D eigenvalue weighted by Crippen LogP contribution is -2.36. The Morgan fingerprint density at radius 1 is 1.44 bits per heavy atom. The lowest BCUT2D eigenvalue weighted by Gasteiger charge is -2.30. The van der Waals surface area contributed by atoms with Gasteiger partial charge in [-0.3, -0.25) is 9.89 Å². The minimum Gasteiger partial charge on any atom is -0.305 e. The van der Waals surface area contributed by atoms with Crippen LogP contribution in [0.1, 0.15) is 28.2 Å². The Balaban J connectivity index is 2.04. The van der Waals surface area contributed by atoms with Gasteiger partial charge in [-0.1, -0.05) is 18.2 Å². The van der Waals surface area contributed by atoms with Crippen molar-refractivity contribution in [2.24, 2.45) is 0 Å². The molecule has 2 heterocycles. The third-order valence-electron chi connectivity index (χ3n) is 3.28. The van der Waals surface area contributed by atoms with E-state index in [1.807, 2.05) is 19.1 Å². The van der Waals surface area contributed by atoms with Crippen molar-refractivity contribution < 1.29 is 4.79 Å². The second-order valence-electron chi connectivity index (χ2n) is 4.48. The van der Waals surface area contributed by atoms with Crippen molar-refractivity contribution in [1.82, 2.24) is 15.2 Å². The molecule has 5 nitrogen and oxygen atoms in total. The number of para-hydroxylation sites is 1. The first-order valence-corrected chi connectivity index (χ1v) is 6.03. The highest BCUT2D eigenvalue weighted by Crippen LogP contribution is 2.31. The standard InChI is InChI=1S/C13H14N4O/c1-9-4-2-5-10-6-3-7-17(11(9)10)13(18)12-14-8-15-16-12/h2,4-5,8H,3,6-7H2,1H3,(H,14,15,16). The van der Waals surface area contributed by atoms with Crippen LogP contribution in [0, 0.1) is 6.92 Å². The highest BCUT2D eigenvalue weighted by molar-refractivity contribution is 6.04. The van der Waals surface area contributed by atoms with Gasteiger partial charge in [0.05, 0.1) is 5.69 Å². The number of rotatable bonds is 1. The third-order valence-corrected chi connectivity index (χ3v) is 3.28. The van der Waals surface area contributed by atoms with Crippen LogP contribution >= 0.6 is 0 Å². The summed E-state index contributed by atoms with van der Waals surface area (Å²) in [6.07, 6.45) is 3.36. The average molecular weight is 242 g/mol. The fourth-order valence-corrected chi connectivity index (χ4v) is 2.49. The van der Waals surface area contributed by atoms with Crippen LogP contribution in [0.15, 0.2) is 24.5 Å². The van der Waals surface area contributed by atoms with E-state index >= 15 is 0 Å². The van der Waals surface area contributed by atoms with Crippen LogP contribution in [0.3, 0.4) is 0 Å². The van der Waals surface area contributed by atoms with E-state index in [9.17, 15) is 4.79 Å². The van der Waals surface area contributed by atoms with Crippen LogP contribution in [0.2, 0.25) is 0 Å². The summed E-state index contributed by atoms with van der Waals surface area (Å²) in [4.78, 5) is 18.1. The molecular formula is C13H14N4O. The van der Waals surface area contributed by atoms with E-state index < -0.39 is 0 Å². The van der Waals surface area contributed by atoms with Crippen LogP contribution in [0.5, 0.6) is 0 Å². The number of H-pyrrole nitrogens is 1. The van der Waals surface area contributed by atoms with Gasteiger partial charge in [-0.2, -0.15) is 5.10 Å². The monoisotopic (exact) mass is 242 g/mol. The molecule has 1 N–H and O–H groups in total. The second kappa shape index (κ2) is 4.25. The average Bonchev–Trinajstić information content (AvgIpc) is 2.91. The summed E-state index contributed by atoms with van der Waals surface area (Å²) in [7, 11) is 0. The van der Waals surface area contributed by atoms with E-state index in [2.05, 4.69) is 21.2 Å². The van der Waals surface area contributed by atoms with Crippen molar-refractivity contribution in [3.8, 4) is 0 Å². The summed E-state index contributed by atoms with van der Waals surface area (Å²) < 4.78 is 0. The van der Waals surface area contributed by atoms with Crippen LogP contribution < -0.4 is 4.90 Å². The number of benzene rings is 1. The largest absolute Gasteiger partial charge is 0.305 e. The van der Waals surface area contributed by atoms with E-state index in [1.54, 1.807) is 4.90 Å². The van der Waals surface area contributed by atoms with Crippen molar-refractivity contribution in [1.29, 1.82) is 0 Å². The number of nitrogens with zero attached hydrogens (tertiary/aromatic N) is 3. The number of hydrogen-bond acceptors (Lipinski definition) is 3. The zero-order chi connectivity index (χ0) is 12.5. The number of aryl methyl sites for hydroxylation is 2. The zero-order valence-electron chi connectivity index (χ0n) is 10.2. The van der Waals surface area contributed by atoms with Gasteiger partial charge < -0.3 is 4.90 Å². The van der Waals surface area contributed by atoms with E-state index in [1.165, 1.54) is 11.9 Å². The molecule has 0 bridgehead atoms. The molecule has 0 atom stereocenters. The van der Waals surface area contributed by atoms with Crippen LogP contribution in [0.25, 0.3) is 0 Å². The number of aromatic nitrogens is 3. The van der Waals surface area contributed by atoms with Gasteiger partial charge >= 0.3 is 0 Å². The van der Waals surface area contributed by atoms with E-state index in [4.69, 9.17) is 0 Å². The maximum absolute atomic E-state index is 12.4. The van der Waals surface area contributed by atoms with Gasteiger partial charge in [0.25, 0.3) is 5.91 Å². The van der Waals surface area contributed by atoms with Crippen molar-refractivity contribution in [3.05, 3.63) is 41.5 Å². The smallest absolute Gasteiger partial charge is 0.295 e. The van der Waals surface area contributed by atoms with Gasteiger partial charge in [-0.25, -0.2) is 4.98 Å². The SMILES string of the molecule is Cc1cccc2c1N(C(=O)c1ncn[nH]1)CCC2. The molecule has 0 fully saturated rings. The molecule has 1 aliphatic heterocycles. The Kier molecular flexibility index (Phi) is 2.59. The number of aromatic amines is 1. The lowest BCUT2D eigenvalue weighted by molar-refractivity contribution is 0.0975. The van der Waals surface area contributed by atoms with Crippen LogP contribution in [0.4, 0.5) is 5.69 Å². The van der Waals surface area contributed by atoms with Crippen molar-refractivity contribution in [3.63, 3.8) is 0 Å². The minimum absolute atomic E-state index is 0.109. The first kappa shape index (κ1) is 11.0. The number of amides is 1. The molecule has 0 saturated heterocycles. The molecule has 92 valence electrons. The van der Waals surface area contributed by atoms with E-state index in [0.717, 1.165) is 30.6 Å². The number of carbonyl (C=O) groups is 1. The number of fused-ring (bicyclic) bond motifs is 1. The van der Waals surface area contributed by atoms with Crippen molar-refractivity contribution in [2.75, 3.05) is 11.4 Å². The van der Waals surface area contributed by atoms with Gasteiger partial charge in [-0.15, -0.1) is 0 Å².